The topological polar surface area (TPSA) is 96.9 Å². The number of fused-ring (bicyclic) bond motifs is 1. The number of nitrogens with two attached hydrogens (primary N) is 1. The van der Waals surface area contributed by atoms with Crippen LogP contribution in [0.2, 0.25) is 0 Å². The molecule has 6 nitrogen and oxygen atoms in total. The highest BCUT2D eigenvalue weighted by atomic mass is 16.5. The first-order chi connectivity index (χ1) is 9.13. The summed E-state index contributed by atoms with van der Waals surface area (Å²) < 4.78 is 5.46. The lowest BCUT2D eigenvalue weighted by molar-refractivity contribution is -0.122. The maximum Gasteiger partial charge on any atom is 0.231 e. The second-order valence-corrected chi connectivity index (χ2v) is 4.57. The molecule has 0 bridgehead atoms. The van der Waals surface area contributed by atoms with Gasteiger partial charge in [0.1, 0.15) is 24.1 Å². The van der Waals surface area contributed by atoms with Gasteiger partial charge in [0.05, 0.1) is 0 Å². The van der Waals surface area contributed by atoms with E-state index in [1.165, 1.54) is 0 Å². The van der Waals surface area contributed by atoms with Crippen LogP contribution < -0.4 is 15.8 Å². The molecule has 6 heteroatoms. The van der Waals surface area contributed by atoms with E-state index in [1.54, 1.807) is 6.92 Å². The van der Waals surface area contributed by atoms with Gasteiger partial charge in [0, 0.05) is 18.0 Å². The number of oxime groups is 1. The summed E-state index contributed by atoms with van der Waals surface area (Å²) in [6.07, 6.45) is 0. The molecule has 0 saturated carbocycles. The van der Waals surface area contributed by atoms with Crippen molar-refractivity contribution in [2.24, 2.45) is 16.8 Å². The Labute approximate surface area is 111 Å². The predicted molar refractivity (Wildman–Crippen MR) is 70.3 cm³/mol. The molecule has 0 aromatic heterocycles. The van der Waals surface area contributed by atoms with Crippen molar-refractivity contribution in [2.45, 2.75) is 12.8 Å². The normalized spacial score (nSPS) is 19.4. The summed E-state index contributed by atoms with van der Waals surface area (Å²) in [5, 5.41) is 14.3. The van der Waals surface area contributed by atoms with Gasteiger partial charge in [0.25, 0.3) is 0 Å². The molecule has 102 valence electrons. The van der Waals surface area contributed by atoms with E-state index < -0.39 is 0 Å². The van der Waals surface area contributed by atoms with Crippen LogP contribution in [0.1, 0.15) is 18.4 Å². The highest BCUT2D eigenvalue weighted by Crippen LogP contribution is 2.33. The summed E-state index contributed by atoms with van der Waals surface area (Å²) >= 11 is 0. The number of amidine groups is 1. The SMILES string of the molecule is CC(CNC(=O)C1COc2ccccc21)C(N)=NO. The molecule has 1 amide bonds. The van der Waals surface area contributed by atoms with Crippen LogP contribution in [0.3, 0.4) is 0 Å². The molecule has 1 aliphatic heterocycles. The Morgan fingerprint density at radius 2 is 2.37 bits per heavy atom. The van der Waals surface area contributed by atoms with Crippen LogP contribution in [0.15, 0.2) is 29.4 Å². The van der Waals surface area contributed by atoms with Crippen molar-refractivity contribution < 1.29 is 14.7 Å². The van der Waals surface area contributed by atoms with E-state index >= 15 is 0 Å². The number of benzene rings is 1. The second-order valence-electron chi connectivity index (χ2n) is 4.57. The standard InChI is InChI=1S/C13H17N3O3/c1-8(12(14)16-18)6-15-13(17)10-7-19-11-5-3-2-4-9(10)11/h2-5,8,10,18H,6-7H2,1H3,(H2,14,16)(H,15,17). The molecule has 1 aliphatic rings. The molecule has 0 saturated heterocycles. The maximum atomic E-state index is 12.1. The molecule has 0 fully saturated rings. The minimum Gasteiger partial charge on any atom is -0.492 e. The molecule has 0 radical (unpaired) electrons. The lowest BCUT2D eigenvalue weighted by atomic mass is 10.0. The number of hydrogen-bond donors (Lipinski definition) is 3. The fourth-order valence-corrected chi connectivity index (χ4v) is 1.96. The van der Waals surface area contributed by atoms with E-state index in [-0.39, 0.29) is 23.6 Å². The zero-order chi connectivity index (χ0) is 13.8. The minimum atomic E-state index is -0.296. The number of nitrogens with zero attached hydrogens (tertiary/aromatic N) is 1. The first-order valence-corrected chi connectivity index (χ1v) is 6.10. The Hall–Kier alpha value is -2.24. The zero-order valence-corrected chi connectivity index (χ0v) is 10.7. The van der Waals surface area contributed by atoms with E-state index in [4.69, 9.17) is 15.7 Å². The van der Waals surface area contributed by atoms with Crippen LogP contribution in [0.4, 0.5) is 0 Å². The van der Waals surface area contributed by atoms with Crippen LogP contribution in [0.25, 0.3) is 0 Å². The molecule has 0 spiro atoms. The van der Waals surface area contributed by atoms with E-state index in [1.807, 2.05) is 24.3 Å². The Bertz CT molecular complexity index is 502. The first-order valence-electron chi connectivity index (χ1n) is 6.10. The second kappa shape index (κ2) is 5.60. The van der Waals surface area contributed by atoms with Gasteiger partial charge in [-0.05, 0) is 6.07 Å². The number of nitrogens with one attached hydrogen (secondary N) is 1. The fourth-order valence-electron chi connectivity index (χ4n) is 1.96. The third-order valence-electron chi connectivity index (χ3n) is 3.22. The molecular formula is C13H17N3O3. The number of amides is 1. The van der Waals surface area contributed by atoms with Crippen molar-refractivity contribution in [3.63, 3.8) is 0 Å². The number of carbonyl (C=O) groups is 1. The van der Waals surface area contributed by atoms with E-state index in [0.29, 0.717) is 13.2 Å². The summed E-state index contributed by atoms with van der Waals surface area (Å²) in [5.74, 6) is 0.236. The van der Waals surface area contributed by atoms with Crippen LogP contribution in [-0.4, -0.2) is 30.1 Å². The van der Waals surface area contributed by atoms with Gasteiger partial charge in [0.2, 0.25) is 5.91 Å². The van der Waals surface area contributed by atoms with Gasteiger partial charge in [-0.25, -0.2) is 0 Å². The molecular weight excluding hydrogens is 246 g/mol. The first kappa shape index (κ1) is 13.2. The molecule has 0 aliphatic carbocycles. The Kier molecular flexibility index (Phi) is 3.89. The van der Waals surface area contributed by atoms with Crippen LogP contribution in [0, 0.1) is 5.92 Å². The molecule has 19 heavy (non-hydrogen) atoms. The van der Waals surface area contributed by atoms with Crippen molar-refractivity contribution >= 4 is 11.7 Å². The smallest absolute Gasteiger partial charge is 0.231 e. The summed E-state index contributed by atoms with van der Waals surface area (Å²) in [4.78, 5) is 12.1. The fraction of sp³-hybridized carbons (Fsp3) is 0.385. The molecule has 2 atom stereocenters. The van der Waals surface area contributed by atoms with Crippen molar-refractivity contribution in [3.8, 4) is 5.75 Å². The molecule has 4 N–H and O–H groups in total. The monoisotopic (exact) mass is 263 g/mol. The lowest BCUT2D eigenvalue weighted by Gasteiger charge is -2.13. The number of hydrogen-bond acceptors (Lipinski definition) is 4. The number of ether oxygens (including phenoxy) is 1. The molecule has 1 aromatic rings. The summed E-state index contributed by atoms with van der Waals surface area (Å²) in [6.45, 7) is 2.45. The Morgan fingerprint density at radius 3 is 3.11 bits per heavy atom. The summed E-state index contributed by atoms with van der Waals surface area (Å²) in [7, 11) is 0. The average Bonchev–Trinajstić information content (AvgIpc) is 2.87. The number of carbonyl (C=O) groups excluding carboxylic acids is 1. The van der Waals surface area contributed by atoms with Crippen LogP contribution >= 0.6 is 0 Å². The minimum absolute atomic E-state index is 0.100. The van der Waals surface area contributed by atoms with Gasteiger partial charge in [0.15, 0.2) is 0 Å². The molecule has 1 aromatic carbocycles. The lowest BCUT2D eigenvalue weighted by Crippen LogP contribution is -2.37. The van der Waals surface area contributed by atoms with Gasteiger partial charge in [-0.1, -0.05) is 30.3 Å². The highest BCUT2D eigenvalue weighted by Gasteiger charge is 2.30. The number of para-hydroxylation sites is 1. The van der Waals surface area contributed by atoms with E-state index in [2.05, 4.69) is 10.5 Å². The maximum absolute atomic E-state index is 12.1. The largest absolute Gasteiger partial charge is 0.492 e. The van der Waals surface area contributed by atoms with Gasteiger partial charge in [-0.3, -0.25) is 4.79 Å². The predicted octanol–water partition coefficient (Wildman–Crippen LogP) is 0.661. The van der Waals surface area contributed by atoms with Crippen LogP contribution in [-0.2, 0) is 4.79 Å². The summed E-state index contributed by atoms with van der Waals surface area (Å²) in [5.41, 5.74) is 6.36. The molecule has 2 unspecified atom stereocenters. The van der Waals surface area contributed by atoms with Gasteiger partial charge >= 0.3 is 0 Å². The van der Waals surface area contributed by atoms with Gasteiger partial charge < -0.3 is 21.0 Å². The van der Waals surface area contributed by atoms with Gasteiger partial charge in [-0.2, -0.15) is 0 Å². The summed E-state index contributed by atoms with van der Waals surface area (Å²) in [6, 6.07) is 7.49. The molecule has 1 heterocycles. The van der Waals surface area contributed by atoms with E-state index in [0.717, 1.165) is 11.3 Å². The third kappa shape index (κ3) is 2.78. The zero-order valence-electron chi connectivity index (χ0n) is 10.7. The van der Waals surface area contributed by atoms with Crippen molar-refractivity contribution in [2.75, 3.05) is 13.2 Å². The van der Waals surface area contributed by atoms with Crippen LogP contribution in [0.5, 0.6) is 5.75 Å². The van der Waals surface area contributed by atoms with Crippen molar-refractivity contribution in [1.29, 1.82) is 0 Å². The van der Waals surface area contributed by atoms with Gasteiger partial charge in [-0.15, -0.1) is 0 Å². The Morgan fingerprint density at radius 1 is 1.63 bits per heavy atom. The van der Waals surface area contributed by atoms with E-state index in [9.17, 15) is 4.79 Å². The number of rotatable bonds is 4. The van der Waals surface area contributed by atoms with Crippen molar-refractivity contribution in [1.82, 2.24) is 5.32 Å². The quantitative estimate of drug-likeness (QED) is 0.322. The average molecular weight is 263 g/mol. The Balaban J connectivity index is 1.95. The third-order valence-corrected chi connectivity index (χ3v) is 3.22. The highest BCUT2D eigenvalue weighted by molar-refractivity contribution is 5.87. The molecule has 2 rings (SSSR count). The van der Waals surface area contributed by atoms with Crippen molar-refractivity contribution in [3.05, 3.63) is 29.8 Å².